The van der Waals surface area contributed by atoms with Crippen molar-refractivity contribution in [2.75, 3.05) is 4.72 Å². The molecule has 0 bridgehead atoms. The van der Waals surface area contributed by atoms with Crippen molar-refractivity contribution in [3.8, 4) is 0 Å². The topological polar surface area (TPSA) is 88.2 Å². The molecule has 1 aromatic heterocycles. The Bertz CT molecular complexity index is 1050. The van der Waals surface area contributed by atoms with Crippen LogP contribution in [0.5, 0.6) is 0 Å². The number of rotatable bonds is 6. The van der Waals surface area contributed by atoms with Crippen molar-refractivity contribution < 1.29 is 22.0 Å². The van der Waals surface area contributed by atoms with E-state index in [1.165, 1.54) is 36.5 Å². The predicted octanol–water partition coefficient (Wildman–Crippen LogP) is 3.15. The van der Waals surface area contributed by atoms with Crippen LogP contribution in [-0.2, 0) is 16.6 Å². The molecule has 3 aromatic rings. The number of sulfonamides is 1. The Morgan fingerprint density at radius 3 is 2.48 bits per heavy atom. The molecule has 0 unspecified atom stereocenters. The maximum Gasteiger partial charge on any atom is 0.263 e. The molecule has 0 aliphatic heterocycles. The Labute approximate surface area is 157 Å². The summed E-state index contributed by atoms with van der Waals surface area (Å²) in [5.41, 5.74) is 0.335. The molecule has 1 heterocycles. The van der Waals surface area contributed by atoms with Gasteiger partial charge in [-0.15, -0.1) is 11.3 Å². The van der Waals surface area contributed by atoms with Crippen LogP contribution in [0.2, 0.25) is 0 Å². The molecule has 140 valence electrons. The lowest BCUT2D eigenvalue weighted by Gasteiger charge is -2.08. The summed E-state index contributed by atoms with van der Waals surface area (Å²) in [7, 11) is -3.81. The van der Waals surface area contributed by atoms with Crippen LogP contribution in [0, 0.1) is 11.6 Å². The molecule has 0 saturated heterocycles. The van der Waals surface area contributed by atoms with Crippen LogP contribution in [0.25, 0.3) is 0 Å². The monoisotopic (exact) mass is 409 g/mol. The number of anilines is 1. The number of nitrogens with one attached hydrogen (secondary N) is 2. The van der Waals surface area contributed by atoms with Gasteiger partial charge in [-0.2, -0.15) is 0 Å². The van der Waals surface area contributed by atoms with Crippen molar-refractivity contribution in [1.82, 2.24) is 10.3 Å². The first kappa shape index (κ1) is 18.9. The predicted molar refractivity (Wildman–Crippen MR) is 96.9 cm³/mol. The third-order valence-electron chi connectivity index (χ3n) is 3.54. The molecule has 2 N–H and O–H groups in total. The highest BCUT2D eigenvalue weighted by Gasteiger charge is 2.16. The van der Waals surface area contributed by atoms with E-state index in [-0.39, 0.29) is 27.7 Å². The molecular formula is C17H13F2N3O3S2. The van der Waals surface area contributed by atoms with Gasteiger partial charge in [-0.1, -0.05) is 6.07 Å². The Balaban J connectivity index is 1.66. The largest absolute Gasteiger partial charge is 0.348 e. The number of carbonyl (C=O) groups is 1. The maximum absolute atomic E-state index is 13.6. The number of hydrogen-bond acceptors (Lipinski definition) is 5. The van der Waals surface area contributed by atoms with Gasteiger partial charge in [0, 0.05) is 35.3 Å². The van der Waals surface area contributed by atoms with Crippen molar-refractivity contribution in [1.29, 1.82) is 0 Å². The lowest BCUT2D eigenvalue weighted by Crippen LogP contribution is -2.23. The number of amides is 1. The summed E-state index contributed by atoms with van der Waals surface area (Å²) in [6.07, 6.45) is 1.47. The number of carbonyl (C=O) groups excluding carboxylic acids is 1. The Morgan fingerprint density at radius 2 is 1.85 bits per heavy atom. The van der Waals surface area contributed by atoms with Crippen molar-refractivity contribution in [2.24, 2.45) is 0 Å². The van der Waals surface area contributed by atoms with Crippen LogP contribution < -0.4 is 10.0 Å². The lowest BCUT2D eigenvalue weighted by atomic mass is 10.2. The van der Waals surface area contributed by atoms with E-state index in [2.05, 4.69) is 15.0 Å². The lowest BCUT2D eigenvalue weighted by molar-refractivity contribution is 0.0950. The van der Waals surface area contributed by atoms with E-state index in [1.54, 1.807) is 5.38 Å². The third-order valence-corrected chi connectivity index (χ3v) is 5.71. The van der Waals surface area contributed by atoms with Gasteiger partial charge < -0.3 is 5.32 Å². The first-order chi connectivity index (χ1) is 12.8. The molecule has 0 saturated carbocycles. The Kier molecular flexibility index (Phi) is 5.47. The second-order valence-corrected chi connectivity index (χ2v) is 7.96. The van der Waals surface area contributed by atoms with E-state index in [4.69, 9.17) is 0 Å². The van der Waals surface area contributed by atoms with Gasteiger partial charge in [0.15, 0.2) is 5.13 Å². The van der Waals surface area contributed by atoms with Crippen LogP contribution in [0.4, 0.5) is 13.9 Å². The number of nitrogens with zero attached hydrogens (tertiary/aromatic N) is 1. The molecule has 0 radical (unpaired) electrons. The summed E-state index contributed by atoms with van der Waals surface area (Å²) >= 11 is 1.14. The van der Waals surface area contributed by atoms with Crippen LogP contribution in [-0.4, -0.2) is 19.3 Å². The summed E-state index contributed by atoms with van der Waals surface area (Å²) in [4.78, 5) is 16.0. The van der Waals surface area contributed by atoms with Gasteiger partial charge in [0.05, 0.1) is 4.90 Å². The molecule has 2 aromatic carbocycles. The fraction of sp³-hybridized carbons (Fsp3) is 0.0588. The van der Waals surface area contributed by atoms with E-state index in [9.17, 15) is 22.0 Å². The second kappa shape index (κ2) is 7.80. The first-order valence-electron chi connectivity index (χ1n) is 7.60. The Hall–Kier alpha value is -2.85. The minimum atomic E-state index is -3.81. The number of thiazole rings is 1. The standard InChI is InChI=1S/C17H13F2N3O3S2/c18-13-4-1-12(15(19)9-13)10-21-16(23)11-2-5-14(6-3-11)27(24,25)22-17-20-7-8-26-17/h1-9H,10H2,(H,20,22)(H,21,23). The average molecular weight is 409 g/mol. The molecule has 1 amide bonds. The molecule has 10 heteroatoms. The first-order valence-corrected chi connectivity index (χ1v) is 9.96. The summed E-state index contributed by atoms with van der Waals surface area (Å²) in [5, 5.41) is 4.36. The zero-order valence-corrected chi connectivity index (χ0v) is 15.3. The SMILES string of the molecule is O=C(NCc1ccc(F)cc1F)c1ccc(S(=O)(=O)Nc2nccs2)cc1. The number of aromatic nitrogens is 1. The van der Waals surface area contributed by atoms with Crippen LogP contribution in [0.3, 0.4) is 0 Å². The van der Waals surface area contributed by atoms with Gasteiger partial charge in [0.25, 0.3) is 15.9 Å². The second-order valence-electron chi connectivity index (χ2n) is 5.39. The molecule has 6 nitrogen and oxygen atoms in total. The van der Waals surface area contributed by atoms with E-state index in [0.29, 0.717) is 0 Å². The van der Waals surface area contributed by atoms with E-state index >= 15 is 0 Å². The number of benzene rings is 2. The van der Waals surface area contributed by atoms with Gasteiger partial charge >= 0.3 is 0 Å². The minimum Gasteiger partial charge on any atom is -0.348 e. The highest BCUT2D eigenvalue weighted by atomic mass is 32.2. The number of hydrogen-bond donors (Lipinski definition) is 2. The van der Waals surface area contributed by atoms with Crippen LogP contribution in [0.1, 0.15) is 15.9 Å². The van der Waals surface area contributed by atoms with Crippen molar-refractivity contribution >= 4 is 32.4 Å². The zero-order valence-electron chi connectivity index (χ0n) is 13.6. The third kappa shape index (κ3) is 4.66. The molecule has 0 aliphatic carbocycles. The van der Waals surface area contributed by atoms with Gasteiger partial charge in [-0.3, -0.25) is 9.52 Å². The minimum absolute atomic E-state index is 0.0289. The highest BCUT2D eigenvalue weighted by Crippen LogP contribution is 2.18. The summed E-state index contributed by atoms with van der Waals surface area (Å²) < 4.78 is 53.3. The molecule has 0 fully saturated rings. The summed E-state index contributed by atoms with van der Waals surface area (Å²) in [5.74, 6) is -1.98. The fourth-order valence-corrected chi connectivity index (χ4v) is 3.96. The zero-order chi connectivity index (χ0) is 19.4. The maximum atomic E-state index is 13.6. The van der Waals surface area contributed by atoms with Crippen LogP contribution >= 0.6 is 11.3 Å². The number of halogens is 2. The van der Waals surface area contributed by atoms with Gasteiger partial charge in [-0.25, -0.2) is 22.2 Å². The molecule has 0 aliphatic rings. The van der Waals surface area contributed by atoms with E-state index in [1.807, 2.05) is 0 Å². The smallest absolute Gasteiger partial charge is 0.263 e. The van der Waals surface area contributed by atoms with Crippen LogP contribution in [0.15, 0.2) is 58.9 Å². The molecule has 3 rings (SSSR count). The van der Waals surface area contributed by atoms with Crippen molar-refractivity contribution in [3.63, 3.8) is 0 Å². The molecular weight excluding hydrogens is 396 g/mol. The highest BCUT2D eigenvalue weighted by molar-refractivity contribution is 7.93. The van der Waals surface area contributed by atoms with E-state index < -0.39 is 27.6 Å². The molecule has 27 heavy (non-hydrogen) atoms. The van der Waals surface area contributed by atoms with Crippen molar-refractivity contribution in [2.45, 2.75) is 11.4 Å². The Morgan fingerprint density at radius 1 is 1.11 bits per heavy atom. The fourth-order valence-electron chi connectivity index (χ4n) is 2.18. The van der Waals surface area contributed by atoms with Gasteiger partial charge in [-0.05, 0) is 30.3 Å². The summed E-state index contributed by atoms with van der Waals surface area (Å²) in [6.45, 7) is -0.128. The van der Waals surface area contributed by atoms with Gasteiger partial charge in [0.2, 0.25) is 0 Å². The quantitative estimate of drug-likeness (QED) is 0.655. The van der Waals surface area contributed by atoms with Gasteiger partial charge in [0.1, 0.15) is 11.6 Å². The molecule has 0 atom stereocenters. The average Bonchev–Trinajstić information content (AvgIpc) is 3.13. The molecule has 0 spiro atoms. The van der Waals surface area contributed by atoms with Crippen molar-refractivity contribution in [3.05, 3.63) is 76.8 Å². The summed E-state index contributed by atoms with van der Waals surface area (Å²) in [6, 6.07) is 8.31. The normalized spacial score (nSPS) is 11.2. The van der Waals surface area contributed by atoms with E-state index in [0.717, 1.165) is 23.5 Å².